The van der Waals surface area contributed by atoms with E-state index in [1.807, 2.05) is 39.0 Å². The van der Waals surface area contributed by atoms with Gasteiger partial charge in [-0.25, -0.2) is 4.39 Å². The average molecular weight is 288 g/mol. The van der Waals surface area contributed by atoms with E-state index in [0.29, 0.717) is 10.8 Å². The Kier molecular flexibility index (Phi) is 4.35. The molecule has 0 radical (unpaired) electrons. The van der Waals surface area contributed by atoms with E-state index >= 15 is 0 Å². The largest absolute Gasteiger partial charge is 0.332 e. The SMILES string of the molecule is Cc1ccc(F)c(NC(=S)Nc2cccc(C)c2C)c1. The maximum atomic E-state index is 13.7. The van der Waals surface area contributed by atoms with E-state index in [1.54, 1.807) is 12.1 Å². The van der Waals surface area contributed by atoms with E-state index < -0.39 is 0 Å². The summed E-state index contributed by atoms with van der Waals surface area (Å²) in [7, 11) is 0. The van der Waals surface area contributed by atoms with Crippen molar-refractivity contribution in [3.63, 3.8) is 0 Å². The maximum Gasteiger partial charge on any atom is 0.175 e. The lowest BCUT2D eigenvalue weighted by molar-refractivity contribution is 0.632. The van der Waals surface area contributed by atoms with Crippen molar-refractivity contribution in [1.82, 2.24) is 0 Å². The van der Waals surface area contributed by atoms with Crippen LogP contribution in [-0.2, 0) is 0 Å². The minimum atomic E-state index is -0.319. The van der Waals surface area contributed by atoms with Crippen LogP contribution in [0.15, 0.2) is 36.4 Å². The molecule has 0 bridgehead atoms. The number of benzene rings is 2. The van der Waals surface area contributed by atoms with Crippen LogP contribution in [0.1, 0.15) is 16.7 Å². The Morgan fingerprint density at radius 3 is 2.45 bits per heavy atom. The Morgan fingerprint density at radius 2 is 1.70 bits per heavy atom. The second-order valence-electron chi connectivity index (χ2n) is 4.81. The summed E-state index contributed by atoms with van der Waals surface area (Å²) < 4.78 is 13.7. The highest BCUT2D eigenvalue weighted by Gasteiger charge is 2.06. The van der Waals surface area contributed by atoms with Crippen LogP contribution in [0.25, 0.3) is 0 Å². The maximum absolute atomic E-state index is 13.7. The molecule has 0 spiro atoms. The Labute approximate surface area is 124 Å². The molecule has 0 fully saturated rings. The topological polar surface area (TPSA) is 24.1 Å². The molecule has 0 saturated heterocycles. The normalized spacial score (nSPS) is 10.2. The summed E-state index contributed by atoms with van der Waals surface area (Å²) in [5, 5.41) is 6.37. The number of aryl methyl sites for hydroxylation is 2. The first-order valence-corrected chi connectivity index (χ1v) is 6.78. The lowest BCUT2D eigenvalue weighted by Crippen LogP contribution is -2.20. The van der Waals surface area contributed by atoms with Crippen LogP contribution in [0, 0.1) is 26.6 Å². The van der Waals surface area contributed by atoms with Gasteiger partial charge in [-0.3, -0.25) is 0 Å². The summed E-state index contributed by atoms with van der Waals surface area (Å²) in [6.45, 7) is 5.97. The summed E-state index contributed by atoms with van der Waals surface area (Å²) in [5.41, 5.74) is 4.59. The average Bonchev–Trinajstić information content (AvgIpc) is 2.39. The lowest BCUT2D eigenvalue weighted by atomic mass is 10.1. The monoisotopic (exact) mass is 288 g/mol. The molecule has 0 saturated carbocycles. The van der Waals surface area contributed by atoms with Gasteiger partial charge in [0.2, 0.25) is 0 Å². The number of thiocarbonyl (C=S) groups is 1. The molecule has 0 aliphatic heterocycles. The van der Waals surface area contributed by atoms with Gasteiger partial charge in [0.05, 0.1) is 5.69 Å². The van der Waals surface area contributed by atoms with Gasteiger partial charge in [-0.2, -0.15) is 0 Å². The molecule has 0 aliphatic rings. The van der Waals surface area contributed by atoms with Crippen molar-refractivity contribution < 1.29 is 4.39 Å². The molecule has 2 N–H and O–H groups in total. The van der Waals surface area contributed by atoms with Crippen molar-refractivity contribution >= 4 is 28.7 Å². The molecule has 20 heavy (non-hydrogen) atoms. The van der Waals surface area contributed by atoms with Crippen molar-refractivity contribution in [2.75, 3.05) is 10.6 Å². The zero-order valence-electron chi connectivity index (χ0n) is 11.8. The zero-order chi connectivity index (χ0) is 14.7. The Balaban J connectivity index is 2.13. The van der Waals surface area contributed by atoms with Gasteiger partial charge >= 0.3 is 0 Å². The third-order valence-electron chi connectivity index (χ3n) is 3.22. The number of anilines is 2. The molecular weight excluding hydrogens is 271 g/mol. The standard InChI is InChI=1S/C16H17FN2S/c1-10-7-8-13(17)15(9-10)19-16(20)18-14-6-4-5-11(2)12(14)3/h4-9H,1-3H3,(H2,18,19,20). The van der Waals surface area contributed by atoms with Gasteiger partial charge in [0, 0.05) is 5.69 Å². The molecule has 2 rings (SSSR count). The first-order valence-electron chi connectivity index (χ1n) is 6.38. The van der Waals surface area contributed by atoms with Crippen molar-refractivity contribution in [1.29, 1.82) is 0 Å². The Morgan fingerprint density at radius 1 is 1.00 bits per heavy atom. The van der Waals surface area contributed by atoms with Gasteiger partial charge < -0.3 is 10.6 Å². The summed E-state index contributed by atoms with van der Waals surface area (Å²) in [6, 6.07) is 10.8. The number of nitrogens with one attached hydrogen (secondary N) is 2. The van der Waals surface area contributed by atoms with Gasteiger partial charge in [-0.05, 0) is 67.9 Å². The van der Waals surface area contributed by atoms with E-state index in [2.05, 4.69) is 10.6 Å². The Bertz CT molecular complexity index is 647. The molecule has 0 heterocycles. The van der Waals surface area contributed by atoms with Crippen molar-refractivity contribution in [3.8, 4) is 0 Å². The minimum absolute atomic E-state index is 0.319. The minimum Gasteiger partial charge on any atom is -0.332 e. The smallest absolute Gasteiger partial charge is 0.175 e. The van der Waals surface area contributed by atoms with Crippen LogP contribution in [0.4, 0.5) is 15.8 Å². The van der Waals surface area contributed by atoms with E-state index in [9.17, 15) is 4.39 Å². The fraction of sp³-hybridized carbons (Fsp3) is 0.188. The van der Waals surface area contributed by atoms with Gasteiger partial charge in [-0.1, -0.05) is 18.2 Å². The van der Waals surface area contributed by atoms with Gasteiger partial charge in [0.15, 0.2) is 5.11 Å². The number of halogens is 1. The summed E-state index contributed by atoms with van der Waals surface area (Å²) in [4.78, 5) is 0. The van der Waals surface area contributed by atoms with E-state index in [0.717, 1.165) is 16.8 Å². The zero-order valence-corrected chi connectivity index (χ0v) is 12.6. The van der Waals surface area contributed by atoms with Gasteiger partial charge in [-0.15, -0.1) is 0 Å². The molecule has 4 heteroatoms. The second-order valence-corrected chi connectivity index (χ2v) is 5.22. The molecule has 0 unspecified atom stereocenters. The van der Waals surface area contributed by atoms with Gasteiger partial charge in [0.1, 0.15) is 5.82 Å². The van der Waals surface area contributed by atoms with E-state index in [-0.39, 0.29) is 5.82 Å². The molecule has 0 aromatic heterocycles. The summed E-state index contributed by atoms with van der Waals surface area (Å²) in [5.74, 6) is -0.319. The first-order chi connectivity index (χ1) is 9.47. The quantitative estimate of drug-likeness (QED) is 0.792. The molecule has 0 atom stereocenters. The first kappa shape index (κ1) is 14.5. The Hall–Kier alpha value is -1.94. The number of rotatable bonds is 2. The summed E-state index contributed by atoms with van der Waals surface area (Å²) >= 11 is 5.23. The highest BCUT2D eigenvalue weighted by Crippen LogP contribution is 2.19. The predicted octanol–water partition coefficient (Wildman–Crippen LogP) is 4.56. The van der Waals surface area contributed by atoms with Crippen LogP contribution in [0.2, 0.25) is 0 Å². The third-order valence-corrected chi connectivity index (χ3v) is 3.43. The van der Waals surface area contributed by atoms with E-state index in [4.69, 9.17) is 12.2 Å². The van der Waals surface area contributed by atoms with Crippen molar-refractivity contribution in [2.24, 2.45) is 0 Å². The van der Waals surface area contributed by atoms with Crippen LogP contribution < -0.4 is 10.6 Å². The van der Waals surface area contributed by atoms with Crippen molar-refractivity contribution in [3.05, 3.63) is 58.9 Å². The van der Waals surface area contributed by atoms with Crippen LogP contribution in [0.3, 0.4) is 0 Å². The second kappa shape index (κ2) is 6.01. The van der Waals surface area contributed by atoms with Crippen LogP contribution in [0.5, 0.6) is 0 Å². The molecule has 104 valence electrons. The molecule has 0 aliphatic carbocycles. The molecular formula is C16H17FN2S. The lowest BCUT2D eigenvalue weighted by Gasteiger charge is -2.14. The highest BCUT2D eigenvalue weighted by molar-refractivity contribution is 7.80. The van der Waals surface area contributed by atoms with Crippen LogP contribution in [-0.4, -0.2) is 5.11 Å². The molecule has 2 aromatic carbocycles. The molecule has 2 nitrogen and oxygen atoms in total. The predicted molar refractivity (Wildman–Crippen MR) is 86.9 cm³/mol. The molecule has 0 amide bonds. The fourth-order valence-corrected chi connectivity index (χ4v) is 2.12. The van der Waals surface area contributed by atoms with Gasteiger partial charge in [0.25, 0.3) is 0 Å². The van der Waals surface area contributed by atoms with E-state index in [1.165, 1.54) is 11.6 Å². The van der Waals surface area contributed by atoms with Crippen LogP contribution >= 0.6 is 12.2 Å². The van der Waals surface area contributed by atoms with Crippen molar-refractivity contribution in [2.45, 2.75) is 20.8 Å². The number of hydrogen-bond acceptors (Lipinski definition) is 1. The number of hydrogen-bond donors (Lipinski definition) is 2. The third kappa shape index (κ3) is 3.33. The highest BCUT2D eigenvalue weighted by atomic mass is 32.1. The summed E-state index contributed by atoms with van der Waals surface area (Å²) in [6.07, 6.45) is 0. The molecule has 2 aromatic rings. The fourth-order valence-electron chi connectivity index (χ4n) is 1.90.